The molecule has 0 radical (unpaired) electrons. The Morgan fingerprint density at radius 2 is 2.14 bits per heavy atom. The molecule has 120 valence electrons. The van der Waals surface area contributed by atoms with Gasteiger partial charge in [-0.1, -0.05) is 0 Å². The van der Waals surface area contributed by atoms with Gasteiger partial charge < -0.3 is 10.1 Å². The molecule has 2 N–H and O–H groups in total. The molecule has 0 aromatic carbocycles. The number of carbonyl (C=O) groups is 2. The highest BCUT2D eigenvalue weighted by Crippen LogP contribution is 2.26. The predicted molar refractivity (Wildman–Crippen MR) is 74.5 cm³/mol. The maximum absolute atomic E-state index is 12.1. The molecule has 0 aromatic heterocycles. The minimum absolute atomic E-state index is 0.0196. The largest absolute Gasteiger partial charge is 0.446 e. The highest BCUT2D eigenvalue weighted by molar-refractivity contribution is 7.87. The van der Waals surface area contributed by atoms with Gasteiger partial charge in [0.15, 0.2) is 0 Å². The van der Waals surface area contributed by atoms with Crippen molar-refractivity contribution in [2.75, 3.05) is 13.1 Å². The third-order valence-electron chi connectivity index (χ3n) is 3.68. The number of hydrogen-bond donors (Lipinski definition) is 2. The van der Waals surface area contributed by atoms with Crippen molar-refractivity contribution < 1.29 is 22.7 Å². The Labute approximate surface area is 124 Å². The van der Waals surface area contributed by atoms with Gasteiger partial charge in [-0.3, -0.25) is 4.79 Å². The second-order valence-electron chi connectivity index (χ2n) is 5.68. The van der Waals surface area contributed by atoms with Crippen LogP contribution in [0.2, 0.25) is 0 Å². The summed E-state index contributed by atoms with van der Waals surface area (Å²) >= 11 is 0. The van der Waals surface area contributed by atoms with Gasteiger partial charge in [0, 0.05) is 25.6 Å². The topological polar surface area (TPSA) is 105 Å². The molecular weight excluding hydrogens is 298 g/mol. The zero-order valence-corrected chi connectivity index (χ0v) is 13.0. The van der Waals surface area contributed by atoms with E-state index in [4.69, 9.17) is 4.74 Å². The van der Waals surface area contributed by atoms with Crippen molar-refractivity contribution >= 4 is 22.2 Å². The highest BCUT2D eigenvalue weighted by Gasteiger charge is 2.38. The van der Waals surface area contributed by atoms with Crippen molar-refractivity contribution in [2.45, 2.75) is 45.3 Å². The van der Waals surface area contributed by atoms with Gasteiger partial charge in [-0.05, 0) is 32.6 Å². The standard InChI is InChI=1S/C12H21N3O5S/c1-8(2)20-12(17)14-21(18,19)15-6-5-10-9(7-15)3-4-11(16)13-10/h8-10H,3-7H2,1-2H3,(H,13,16)(H,14,17). The Hall–Kier alpha value is -1.35. The first-order valence-electron chi connectivity index (χ1n) is 7.06. The molecule has 2 unspecified atom stereocenters. The minimum Gasteiger partial charge on any atom is -0.446 e. The zero-order chi connectivity index (χ0) is 15.6. The van der Waals surface area contributed by atoms with E-state index in [1.165, 1.54) is 4.31 Å². The van der Waals surface area contributed by atoms with E-state index in [9.17, 15) is 18.0 Å². The molecule has 8 nitrogen and oxygen atoms in total. The van der Waals surface area contributed by atoms with Crippen molar-refractivity contribution in [1.29, 1.82) is 0 Å². The van der Waals surface area contributed by atoms with E-state index in [2.05, 4.69) is 5.32 Å². The summed E-state index contributed by atoms with van der Waals surface area (Å²) < 4.78 is 32.2. The molecule has 0 aromatic rings. The molecule has 0 aliphatic carbocycles. The summed E-state index contributed by atoms with van der Waals surface area (Å²) in [5.74, 6) is 0.111. The molecule has 2 heterocycles. The first kappa shape index (κ1) is 16.0. The maximum Gasteiger partial charge on any atom is 0.422 e. The lowest BCUT2D eigenvalue weighted by Gasteiger charge is -2.40. The van der Waals surface area contributed by atoms with Crippen LogP contribution < -0.4 is 10.0 Å². The molecule has 2 saturated heterocycles. The Morgan fingerprint density at radius 3 is 2.81 bits per heavy atom. The van der Waals surface area contributed by atoms with E-state index in [1.54, 1.807) is 13.8 Å². The second-order valence-corrected chi connectivity index (χ2v) is 7.35. The molecule has 0 bridgehead atoms. The molecule has 2 aliphatic heterocycles. The minimum atomic E-state index is -3.90. The van der Waals surface area contributed by atoms with Gasteiger partial charge in [0.05, 0.1) is 6.10 Å². The number of amides is 2. The normalized spacial score (nSPS) is 26.9. The fourth-order valence-electron chi connectivity index (χ4n) is 2.70. The summed E-state index contributed by atoms with van der Waals surface area (Å²) in [6.45, 7) is 3.85. The maximum atomic E-state index is 12.1. The van der Waals surface area contributed by atoms with Crippen LogP contribution >= 0.6 is 0 Å². The van der Waals surface area contributed by atoms with E-state index < -0.39 is 16.3 Å². The molecule has 2 aliphatic rings. The summed E-state index contributed by atoms with van der Waals surface area (Å²) in [4.78, 5) is 22.8. The smallest absolute Gasteiger partial charge is 0.422 e. The molecule has 0 saturated carbocycles. The fraction of sp³-hybridized carbons (Fsp3) is 0.833. The Balaban J connectivity index is 1.95. The molecule has 21 heavy (non-hydrogen) atoms. The van der Waals surface area contributed by atoms with Crippen LogP contribution in [0.1, 0.15) is 33.1 Å². The number of ether oxygens (including phenoxy) is 1. The van der Waals surface area contributed by atoms with Gasteiger partial charge in [0.2, 0.25) is 5.91 Å². The van der Waals surface area contributed by atoms with Gasteiger partial charge in [-0.15, -0.1) is 0 Å². The van der Waals surface area contributed by atoms with E-state index in [0.29, 0.717) is 25.8 Å². The van der Waals surface area contributed by atoms with Crippen LogP contribution in [0, 0.1) is 5.92 Å². The molecule has 2 atom stereocenters. The number of fused-ring (bicyclic) bond motifs is 1. The van der Waals surface area contributed by atoms with Crippen molar-refractivity contribution in [3.8, 4) is 0 Å². The number of carbonyl (C=O) groups excluding carboxylic acids is 2. The molecule has 9 heteroatoms. The van der Waals surface area contributed by atoms with Crippen LogP contribution in [0.4, 0.5) is 4.79 Å². The van der Waals surface area contributed by atoms with Gasteiger partial charge in [0.1, 0.15) is 0 Å². The van der Waals surface area contributed by atoms with Crippen LogP contribution in [0.5, 0.6) is 0 Å². The van der Waals surface area contributed by atoms with E-state index in [0.717, 1.165) is 0 Å². The predicted octanol–water partition coefficient (Wildman–Crippen LogP) is -0.0337. The van der Waals surface area contributed by atoms with Crippen LogP contribution in [-0.4, -0.2) is 50.0 Å². The first-order valence-corrected chi connectivity index (χ1v) is 8.50. The van der Waals surface area contributed by atoms with Crippen LogP contribution in [0.15, 0.2) is 0 Å². The highest BCUT2D eigenvalue weighted by atomic mass is 32.2. The lowest BCUT2D eigenvalue weighted by molar-refractivity contribution is -0.124. The molecule has 2 rings (SSSR count). The van der Waals surface area contributed by atoms with Gasteiger partial charge >= 0.3 is 16.3 Å². The first-order chi connectivity index (χ1) is 9.78. The van der Waals surface area contributed by atoms with Crippen LogP contribution in [0.3, 0.4) is 0 Å². The second kappa shape index (κ2) is 6.18. The number of nitrogens with one attached hydrogen (secondary N) is 2. The number of hydrogen-bond acceptors (Lipinski definition) is 5. The average Bonchev–Trinajstić information content (AvgIpc) is 2.36. The fourth-order valence-corrected chi connectivity index (χ4v) is 3.82. The third-order valence-corrected chi connectivity index (χ3v) is 5.12. The van der Waals surface area contributed by atoms with Crippen LogP contribution in [-0.2, 0) is 19.7 Å². The summed E-state index contributed by atoms with van der Waals surface area (Å²) in [6, 6.07) is 0.0281. The molecular formula is C12H21N3O5S. The monoisotopic (exact) mass is 319 g/mol. The Morgan fingerprint density at radius 1 is 1.43 bits per heavy atom. The quantitative estimate of drug-likeness (QED) is 0.760. The summed E-state index contributed by atoms with van der Waals surface area (Å²) in [5.41, 5.74) is 0. The van der Waals surface area contributed by atoms with Crippen molar-refractivity contribution in [1.82, 2.24) is 14.3 Å². The zero-order valence-electron chi connectivity index (χ0n) is 12.2. The molecule has 2 fully saturated rings. The van der Waals surface area contributed by atoms with Crippen molar-refractivity contribution in [3.05, 3.63) is 0 Å². The Bertz CT molecular complexity index is 519. The number of piperidine rings is 2. The lowest BCUT2D eigenvalue weighted by atomic mass is 9.86. The Kier molecular flexibility index (Phi) is 4.72. The number of nitrogens with zero attached hydrogens (tertiary/aromatic N) is 1. The lowest BCUT2D eigenvalue weighted by Crippen LogP contribution is -2.57. The van der Waals surface area contributed by atoms with E-state index >= 15 is 0 Å². The summed E-state index contributed by atoms with van der Waals surface area (Å²) in [6.07, 6.45) is 0.275. The SMILES string of the molecule is CC(C)OC(=O)NS(=O)(=O)N1CCC2NC(=O)CCC2C1. The van der Waals surface area contributed by atoms with E-state index in [1.807, 2.05) is 4.72 Å². The summed E-state index contributed by atoms with van der Waals surface area (Å²) in [5, 5.41) is 2.88. The van der Waals surface area contributed by atoms with E-state index in [-0.39, 0.29) is 30.5 Å². The van der Waals surface area contributed by atoms with Crippen molar-refractivity contribution in [3.63, 3.8) is 0 Å². The average molecular weight is 319 g/mol. The number of rotatable bonds is 3. The molecule has 2 amide bonds. The van der Waals surface area contributed by atoms with Gasteiger partial charge in [0.25, 0.3) is 0 Å². The van der Waals surface area contributed by atoms with Crippen molar-refractivity contribution in [2.24, 2.45) is 5.92 Å². The summed E-state index contributed by atoms with van der Waals surface area (Å²) in [7, 11) is -3.90. The third kappa shape index (κ3) is 4.07. The molecule has 0 spiro atoms. The van der Waals surface area contributed by atoms with Gasteiger partial charge in [-0.2, -0.15) is 12.7 Å². The van der Waals surface area contributed by atoms with Crippen LogP contribution in [0.25, 0.3) is 0 Å². The van der Waals surface area contributed by atoms with Gasteiger partial charge in [-0.25, -0.2) is 9.52 Å².